The summed E-state index contributed by atoms with van der Waals surface area (Å²) in [6.45, 7) is 2.69. The molecule has 0 amide bonds. The number of rotatable bonds is 9. The summed E-state index contributed by atoms with van der Waals surface area (Å²) in [5, 5.41) is 31.7. The molecule has 0 aliphatic heterocycles. The second-order valence-electron chi connectivity index (χ2n) is 12.4. The lowest BCUT2D eigenvalue weighted by atomic mass is 9.59. The third kappa shape index (κ3) is 4.97. The predicted octanol–water partition coefficient (Wildman–Crippen LogP) is 4.76. The normalized spacial score (nSPS) is 23.0. The summed E-state index contributed by atoms with van der Waals surface area (Å²) in [5.41, 5.74) is 0.254. The third-order valence-electron chi connectivity index (χ3n) is 9.39. The Hall–Kier alpha value is -5.00. The van der Waals surface area contributed by atoms with Gasteiger partial charge in [-0.3, -0.25) is 9.59 Å². The number of nitrogens with zero attached hydrogens (tertiary/aromatic N) is 3. The molecule has 0 saturated heterocycles. The summed E-state index contributed by atoms with van der Waals surface area (Å²) in [4.78, 5) is 35.3. The topological polar surface area (TPSA) is 147 Å². The lowest BCUT2D eigenvalue weighted by Gasteiger charge is -2.48. The average molecular weight is 637 g/mol. The van der Waals surface area contributed by atoms with Crippen LogP contribution in [0.5, 0.6) is 11.6 Å². The van der Waals surface area contributed by atoms with E-state index in [9.17, 15) is 19.8 Å². The van der Waals surface area contributed by atoms with Crippen molar-refractivity contribution in [3.63, 3.8) is 0 Å². The van der Waals surface area contributed by atoms with Gasteiger partial charge in [-0.05, 0) is 41.6 Å². The molecule has 0 unspecified atom stereocenters. The number of carbonyl (C=O) groups excluding carboxylic acids is 2. The van der Waals surface area contributed by atoms with Gasteiger partial charge in [-0.1, -0.05) is 67.6 Å². The van der Waals surface area contributed by atoms with E-state index in [4.69, 9.17) is 14.0 Å². The van der Waals surface area contributed by atoms with Crippen LogP contribution in [-0.2, 0) is 19.6 Å². The number of fused-ring (bicyclic) bond motifs is 4. The van der Waals surface area contributed by atoms with Crippen LogP contribution in [0.25, 0.3) is 0 Å². The van der Waals surface area contributed by atoms with Crippen LogP contribution in [-0.4, -0.2) is 58.2 Å². The first-order valence-corrected chi connectivity index (χ1v) is 15.7. The second kappa shape index (κ2) is 12.0. The Morgan fingerprint density at radius 2 is 1.66 bits per heavy atom. The summed E-state index contributed by atoms with van der Waals surface area (Å²) in [6.07, 6.45) is 2.07. The van der Waals surface area contributed by atoms with Crippen molar-refractivity contribution in [2.45, 2.75) is 44.6 Å². The third-order valence-corrected chi connectivity index (χ3v) is 9.39. The molecule has 7 rings (SSSR count). The summed E-state index contributed by atoms with van der Waals surface area (Å²) >= 11 is 0. The number of benzene rings is 2. The van der Waals surface area contributed by atoms with Crippen LogP contribution in [0.3, 0.4) is 0 Å². The highest BCUT2D eigenvalue weighted by molar-refractivity contribution is 6.16. The van der Waals surface area contributed by atoms with Crippen LogP contribution >= 0.6 is 0 Å². The number of hydrogen-bond donors (Lipinski definition) is 3. The molecule has 0 bridgehead atoms. The van der Waals surface area contributed by atoms with Gasteiger partial charge in [-0.25, -0.2) is 4.98 Å². The lowest BCUT2D eigenvalue weighted by Crippen LogP contribution is -2.59. The van der Waals surface area contributed by atoms with Crippen LogP contribution in [0.4, 0.5) is 5.82 Å². The maximum Gasteiger partial charge on any atom is 0.265 e. The maximum atomic E-state index is 14.5. The van der Waals surface area contributed by atoms with Crippen LogP contribution in [0.15, 0.2) is 82.7 Å². The highest BCUT2D eigenvalue weighted by atomic mass is 16.5. The Morgan fingerprint density at radius 3 is 2.30 bits per heavy atom. The van der Waals surface area contributed by atoms with Gasteiger partial charge < -0.3 is 34.4 Å². The van der Waals surface area contributed by atoms with E-state index in [2.05, 4.69) is 15.5 Å². The predicted molar refractivity (Wildman–Crippen MR) is 172 cm³/mol. The van der Waals surface area contributed by atoms with E-state index in [1.165, 1.54) is 6.20 Å². The SMILES string of the molecule is CCN[C@@H]1c2onc(OCc3ccccc3)c2C(=O)[C@@]2(O)C(O)=C3C(=O)c4c(OCc5ccccc5)cnc(N(C)C)c4C[C@H]3C[C@@H]12. The lowest BCUT2D eigenvalue weighted by molar-refractivity contribution is -0.0403. The highest BCUT2D eigenvalue weighted by Gasteiger charge is 2.63. The molecule has 4 atom stereocenters. The van der Waals surface area contributed by atoms with Gasteiger partial charge >= 0.3 is 0 Å². The van der Waals surface area contributed by atoms with Crippen molar-refractivity contribution in [2.24, 2.45) is 11.8 Å². The Kier molecular flexibility index (Phi) is 7.81. The maximum absolute atomic E-state index is 14.5. The number of aliphatic hydroxyl groups excluding tert-OH is 1. The first-order valence-electron chi connectivity index (χ1n) is 15.7. The number of nitrogens with one attached hydrogen (secondary N) is 1. The molecular formula is C36H36N4O7. The zero-order chi connectivity index (χ0) is 32.9. The quantitative estimate of drug-likeness (QED) is 0.234. The smallest absolute Gasteiger partial charge is 0.265 e. The highest BCUT2D eigenvalue weighted by Crippen LogP contribution is 2.55. The number of Topliss-reactive ketones (excluding diaryl/α,β-unsaturated/α-hetero) is 2. The molecule has 11 nitrogen and oxygen atoms in total. The van der Waals surface area contributed by atoms with Gasteiger partial charge in [0, 0.05) is 31.1 Å². The number of ketones is 2. The number of ether oxygens (including phenoxy) is 2. The molecule has 242 valence electrons. The molecule has 3 aliphatic rings. The zero-order valence-corrected chi connectivity index (χ0v) is 26.4. The van der Waals surface area contributed by atoms with Crippen molar-refractivity contribution in [3.8, 4) is 11.6 Å². The molecule has 2 aromatic carbocycles. The summed E-state index contributed by atoms with van der Waals surface area (Å²) in [5.74, 6) is -2.29. The zero-order valence-electron chi connectivity index (χ0n) is 26.4. The van der Waals surface area contributed by atoms with Gasteiger partial charge in [0.15, 0.2) is 17.1 Å². The number of carbonyl (C=O) groups is 2. The average Bonchev–Trinajstić information content (AvgIpc) is 3.50. The molecule has 2 aromatic heterocycles. The van der Waals surface area contributed by atoms with E-state index in [-0.39, 0.29) is 53.7 Å². The van der Waals surface area contributed by atoms with Crippen LogP contribution in [0.1, 0.15) is 62.6 Å². The minimum absolute atomic E-state index is 0.00646. The van der Waals surface area contributed by atoms with E-state index in [0.717, 1.165) is 11.1 Å². The van der Waals surface area contributed by atoms with Crippen molar-refractivity contribution in [1.29, 1.82) is 0 Å². The van der Waals surface area contributed by atoms with Crippen molar-refractivity contribution < 1.29 is 33.8 Å². The van der Waals surface area contributed by atoms with Crippen LogP contribution in [0, 0.1) is 11.8 Å². The number of hydrogen-bond acceptors (Lipinski definition) is 11. The van der Waals surface area contributed by atoms with Crippen LogP contribution in [0.2, 0.25) is 0 Å². The monoisotopic (exact) mass is 636 g/mol. The first kappa shape index (κ1) is 30.6. The molecular weight excluding hydrogens is 600 g/mol. The number of allylic oxidation sites excluding steroid dienone is 1. The molecule has 11 heteroatoms. The molecule has 4 aromatic rings. The Morgan fingerprint density at radius 1 is 1.00 bits per heavy atom. The van der Waals surface area contributed by atoms with E-state index < -0.39 is 40.8 Å². The van der Waals surface area contributed by atoms with Crippen molar-refractivity contribution in [3.05, 3.63) is 112 Å². The van der Waals surface area contributed by atoms with Crippen molar-refractivity contribution >= 4 is 17.4 Å². The summed E-state index contributed by atoms with van der Waals surface area (Å²) < 4.78 is 17.8. The fraction of sp³-hybridized carbons (Fsp3) is 0.333. The summed E-state index contributed by atoms with van der Waals surface area (Å²) in [6, 6.07) is 18.2. The molecule has 0 spiro atoms. The Balaban J connectivity index is 1.31. The van der Waals surface area contributed by atoms with Crippen molar-refractivity contribution in [2.75, 3.05) is 25.5 Å². The van der Waals surface area contributed by atoms with Gasteiger partial charge in [0.2, 0.25) is 5.78 Å². The minimum atomic E-state index is -2.42. The fourth-order valence-electron chi connectivity index (χ4n) is 7.24. The number of aromatic nitrogens is 2. The molecule has 0 fully saturated rings. The Labute approximate surface area is 271 Å². The number of anilines is 1. The van der Waals surface area contributed by atoms with Gasteiger partial charge in [0.05, 0.1) is 17.8 Å². The molecule has 47 heavy (non-hydrogen) atoms. The first-order chi connectivity index (χ1) is 22.7. The summed E-state index contributed by atoms with van der Waals surface area (Å²) in [7, 11) is 3.70. The fourth-order valence-corrected chi connectivity index (χ4v) is 7.24. The van der Waals surface area contributed by atoms with Gasteiger partial charge in [0.1, 0.15) is 36.1 Å². The molecule has 3 aliphatic carbocycles. The van der Waals surface area contributed by atoms with Gasteiger partial charge in [-0.15, -0.1) is 0 Å². The minimum Gasteiger partial charge on any atom is -0.508 e. The van der Waals surface area contributed by atoms with Gasteiger partial charge in [-0.2, -0.15) is 0 Å². The molecule has 2 heterocycles. The number of pyridine rings is 1. The Bertz CT molecular complexity index is 1870. The molecule has 0 radical (unpaired) electrons. The van der Waals surface area contributed by atoms with Crippen molar-refractivity contribution in [1.82, 2.24) is 15.5 Å². The van der Waals surface area contributed by atoms with E-state index in [1.807, 2.05) is 86.6 Å². The van der Waals surface area contributed by atoms with E-state index in [1.54, 1.807) is 0 Å². The van der Waals surface area contributed by atoms with Crippen LogP contribution < -0.4 is 19.7 Å². The van der Waals surface area contributed by atoms with E-state index in [0.29, 0.717) is 24.3 Å². The van der Waals surface area contributed by atoms with Gasteiger partial charge in [0.25, 0.3) is 5.88 Å². The standard InChI is InChI=1S/C36H36N4O7/c1-4-37-29-24-16-22-15-23-27(25(17-38-34(23)40(2)3)45-18-20-11-7-5-8-12-20)30(41)26(22)32(42)36(24,44)33(43)28-31(29)47-39-35(28)46-19-21-13-9-6-10-14-21/h5-14,17,22,24,29,37,42,44H,4,15-16,18-19H2,1-3H3/t22-,24-,29-,36-/m0/s1. The van der Waals surface area contributed by atoms with E-state index >= 15 is 0 Å². The molecule has 0 saturated carbocycles. The largest absolute Gasteiger partial charge is 0.508 e. The second-order valence-corrected chi connectivity index (χ2v) is 12.4. The molecule has 3 N–H and O–H groups in total. The number of aliphatic hydroxyl groups is 2.